The van der Waals surface area contributed by atoms with E-state index in [1.807, 2.05) is 5.38 Å². The van der Waals surface area contributed by atoms with Gasteiger partial charge in [-0.1, -0.05) is 11.3 Å². The van der Waals surface area contributed by atoms with Gasteiger partial charge in [0.05, 0.1) is 5.01 Å². The quantitative estimate of drug-likeness (QED) is 0.757. The fourth-order valence-corrected chi connectivity index (χ4v) is 3.52. The summed E-state index contributed by atoms with van der Waals surface area (Å²) in [5.41, 5.74) is 5.83. The van der Waals surface area contributed by atoms with Crippen LogP contribution in [0.5, 0.6) is 0 Å². The van der Waals surface area contributed by atoms with Crippen molar-refractivity contribution in [2.45, 2.75) is 31.7 Å². The first-order valence-electron chi connectivity index (χ1n) is 6.92. The number of carbonyl (C=O) groups is 1. The fraction of sp³-hybridized carbons (Fsp3) is 0.462. The fourth-order valence-electron chi connectivity index (χ4n) is 2.02. The van der Waals surface area contributed by atoms with Crippen LogP contribution in [0.1, 0.15) is 33.9 Å². The van der Waals surface area contributed by atoms with Gasteiger partial charge in [0.1, 0.15) is 10.7 Å². The zero-order valence-corrected chi connectivity index (χ0v) is 13.1. The van der Waals surface area contributed by atoms with Crippen LogP contribution in [-0.2, 0) is 6.42 Å². The molecule has 1 saturated carbocycles. The number of nitrogens with one attached hydrogen (secondary N) is 2. The third-order valence-electron chi connectivity index (χ3n) is 3.40. The van der Waals surface area contributed by atoms with Crippen LogP contribution in [-0.4, -0.2) is 28.5 Å². The molecule has 0 bridgehead atoms. The Labute approximate surface area is 130 Å². The number of anilines is 2. The van der Waals surface area contributed by atoms with Gasteiger partial charge in [0.2, 0.25) is 0 Å². The molecular weight excluding hydrogens is 306 g/mol. The Hall–Kier alpha value is -1.67. The molecule has 0 aromatic carbocycles. The minimum Gasteiger partial charge on any atom is -0.382 e. The molecule has 2 heterocycles. The number of nitrogen functional groups attached to an aromatic ring is 1. The average Bonchev–Trinajstić information content (AvgIpc) is 3.03. The highest BCUT2D eigenvalue weighted by Gasteiger charge is 2.21. The lowest BCUT2D eigenvalue weighted by Gasteiger charge is -2.25. The molecule has 1 amide bonds. The van der Waals surface area contributed by atoms with Gasteiger partial charge < -0.3 is 16.4 Å². The van der Waals surface area contributed by atoms with Crippen molar-refractivity contribution in [2.75, 3.05) is 17.6 Å². The summed E-state index contributed by atoms with van der Waals surface area (Å²) in [7, 11) is 0. The summed E-state index contributed by atoms with van der Waals surface area (Å²) in [6, 6.07) is 0.483. The minimum absolute atomic E-state index is 0.164. The van der Waals surface area contributed by atoms with E-state index in [2.05, 4.69) is 20.6 Å². The van der Waals surface area contributed by atoms with Crippen molar-refractivity contribution in [3.63, 3.8) is 0 Å². The molecule has 0 saturated heterocycles. The van der Waals surface area contributed by atoms with E-state index < -0.39 is 0 Å². The molecule has 112 valence electrons. The number of hydrogen-bond donors (Lipinski definition) is 3. The molecule has 4 N–H and O–H groups in total. The minimum atomic E-state index is -0.164. The van der Waals surface area contributed by atoms with Crippen molar-refractivity contribution in [2.24, 2.45) is 0 Å². The van der Waals surface area contributed by atoms with E-state index >= 15 is 0 Å². The molecule has 0 atom stereocenters. The number of carbonyl (C=O) groups excluding carboxylic acids is 1. The number of rotatable bonds is 6. The molecular formula is C13H17N5OS2. The van der Waals surface area contributed by atoms with Gasteiger partial charge in [-0.2, -0.15) is 0 Å². The number of nitrogens with zero attached hydrogens (tertiary/aromatic N) is 2. The number of amides is 1. The molecule has 0 aliphatic heterocycles. The number of nitrogens with two attached hydrogens (primary N) is 1. The van der Waals surface area contributed by atoms with Crippen LogP contribution >= 0.6 is 22.7 Å². The van der Waals surface area contributed by atoms with Gasteiger partial charge in [-0.3, -0.25) is 4.79 Å². The predicted molar refractivity (Wildman–Crippen MR) is 85.9 cm³/mol. The molecule has 0 radical (unpaired) electrons. The lowest BCUT2D eigenvalue weighted by Crippen LogP contribution is -2.26. The van der Waals surface area contributed by atoms with Crippen LogP contribution in [0, 0.1) is 0 Å². The Morgan fingerprint density at radius 3 is 3.00 bits per heavy atom. The van der Waals surface area contributed by atoms with E-state index in [0.717, 1.165) is 29.4 Å². The van der Waals surface area contributed by atoms with Gasteiger partial charge in [0, 0.05) is 30.6 Å². The molecule has 0 spiro atoms. The number of aromatic nitrogens is 2. The maximum Gasteiger partial charge on any atom is 0.265 e. The Morgan fingerprint density at radius 1 is 1.48 bits per heavy atom. The summed E-state index contributed by atoms with van der Waals surface area (Å²) in [4.78, 5) is 21.0. The van der Waals surface area contributed by atoms with Crippen LogP contribution < -0.4 is 16.4 Å². The van der Waals surface area contributed by atoms with Gasteiger partial charge in [0.15, 0.2) is 5.13 Å². The van der Waals surface area contributed by atoms with Crippen molar-refractivity contribution < 1.29 is 4.79 Å². The van der Waals surface area contributed by atoms with Crippen LogP contribution in [0.2, 0.25) is 0 Å². The second kappa shape index (κ2) is 6.40. The molecule has 8 heteroatoms. The Kier molecular flexibility index (Phi) is 4.35. The molecule has 2 aromatic heterocycles. The summed E-state index contributed by atoms with van der Waals surface area (Å²) in [6.45, 7) is 0.551. The second-order valence-corrected chi connectivity index (χ2v) is 6.92. The Balaban J connectivity index is 1.53. The standard InChI is InChI=1S/C13H17N5OS2/c14-11-10(21-13(18-11)17-8-2-1-3-8)12(19)16-5-4-9-15-6-7-20-9/h6-8H,1-5,14H2,(H,16,19)(H,17,18). The van der Waals surface area contributed by atoms with Crippen LogP contribution in [0.25, 0.3) is 0 Å². The highest BCUT2D eigenvalue weighted by Crippen LogP contribution is 2.29. The van der Waals surface area contributed by atoms with Crippen molar-refractivity contribution in [3.05, 3.63) is 21.5 Å². The highest BCUT2D eigenvalue weighted by molar-refractivity contribution is 7.18. The van der Waals surface area contributed by atoms with E-state index in [0.29, 0.717) is 23.3 Å². The third-order valence-corrected chi connectivity index (χ3v) is 5.24. The zero-order valence-electron chi connectivity index (χ0n) is 11.5. The third kappa shape index (κ3) is 3.51. The summed E-state index contributed by atoms with van der Waals surface area (Å²) < 4.78 is 0. The maximum absolute atomic E-state index is 12.1. The molecule has 2 aromatic rings. The largest absolute Gasteiger partial charge is 0.382 e. The van der Waals surface area contributed by atoms with E-state index in [9.17, 15) is 4.79 Å². The highest BCUT2D eigenvalue weighted by atomic mass is 32.1. The molecule has 6 nitrogen and oxygen atoms in total. The second-order valence-electron chi connectivity index (χ2n) is 4.94. The average molecular weight is 323 g/mol. The van der Waals surface area contributed by atoms with Crippen molar-refractivity contribution in [1.82, 2.24) is 15.3 Å². The molecule has 1 aliphatic rings. The molecule has 3 rings (SSSR count). The van der Waals surface area contributed by atoms with Gasteiger partial charge in [-0.25, -0.2) is 9.97 Å². The Morgan fingerprint density at radius 2 is 2.33 bits per heavy atom. The summed E-state index contributed by atoms with van der Waals surface area (Å²) >= 11 is 2.91. The monoisotopic (exact) mass is 323 g/mol. The van der Waals surface area contributed by atoms with Crippen molar-refractivity contribution >= 4 is 39.5 Å². The topological polar surface area (TPSA) is 92.9 Å². The van der Waals surface area contributed by atoms with Crippen molar-refractivity contribution in [1.29, 1.82) is 0 Å². The Bertz CT molecular complexity index is 606. The van der Waals surface area contributed by atoms with Gasteiger partial charge in [-0.15, -0.1) is 11.3 Å². The molecule has 0 unspecified atom stereocenters. The SMILES string of the molecule is Nc1nc(NC2CCC2)sc1C(=O)NCCc1nccs1. The van der Waals surface area contributed by atoms with Gasteiger partial charge in [-0.05, 0) is 19.3 Å². The summed E-state index contributed by atoms with van der Waals surface area (Å²) in [6.07, 6.45) is 6.07. The van der Waals surface area contributed by atoms with E-state index in [4.69, 9.17) is 5.73 Å². The lowest BCUT2D eigenvalue weighted by molar-refractivity contribution is 0.0959. The van der Waals surface area contributed by atoms with Gasteiger partial charge >= 0.3 is 0 Å². The van der Waals surface area contributed by atoms with Crippen LogP contribution in [0.4, 0.5) is 10.9 Å². The van der Waals surface area contributed by atoms with Crippen LogP contribution in [0.3, 0.4) is 0 Å². The molecule has 21 heavy (non-hydrogen) atoms. The molecule has 1 aliphatic carbocycles. The molecule has 1 fully saturated rings. The summed E-state index contributed by atoms with van der Waals surface area (Å²) in [5.74, 6) is 0.136. The van der Waals surface area contributed by atoms with E-state index in [1.165, 1.54) is 17.8 Å². The van der Waals surface area contributed by atoms with Crippen molar-refractivity contribution in [3.8, 4) is 0 Å². The smallest absolute Gasteiger partial charge is 0.265 e. The first kappa shape index (κ1) is 14.3. The first-order valence-corrected chi connectivity index (χ1v) is 8.61. The van der Waals surface area contributed by atoms with Gasteiger partial charge in [0.25, 0.3) is 5.91 Å². The van der Waals surface area contributed by atoms with E-state index in [-0.39, 0.29) is 5.91 Å². The van der Waals surface area contributed by atoms with Crippen LogP contribution in [0.15, 0.2) is 11.6 Å². The normalized spacial score (nSPS) is 14.7. The lowest BCUT2D eigenvalue weighted by atomic mass is 9.93. The summed E-state index contributed by atoms with van der Waals surface area (Å²) in [5, 5.41) is 9.85. The van der Waals surface area contributed by atoms with E-state index in [1.54, 1.807) is 17.5 Å². The zero-order chi connectivity index (χ0) is 14.7. The number of hydrogen-bond acceptors (Lipinski definition) is 7. The first-order chi connectivity index (χ1) is 10.2. The predicted octanol–water partition coefficient (Wildman–Crippen LogP) is 2.12. The maximum atomic E-state index is 12.1. The number of thiazole rings is 2.